The monoisotopic (exact) mass is 428 g/mol. The SMILES string of the molecule is COC1CCC(NC(=O)c2ccc(C)c(C3CC4CNC(C)CC4N(C)C3=O)c2)CN1. The summed E-state index contributed by atoms with van der Waals surface area (Å²) in [7, 11) is 3.64. The van der Waals surface area contributed by atoms with E-state index in [9.17, 15) is 9.59 Å². The number of carbonyl (C=O) groups excluding carboxylic acids is 2. The second-order valence-corrected chi connectivity index (χ2v) is 9.56. The molecule has 0 saturated carbocycles. The second-order valence-electron chi connectivity index (χ2n) is 9.56. The number of amides is 2. The molecule has 7 nitrogen and oxygen atoms in total. The summed E-state index contributed by atoms with van der Waals surface area (Å²) in [4.78, 5) is 28.2. The van der Waals surface area contributed by atoms with Crippen molar-refractivity contribution in [3.05, 3.63) is 34.9 Å². The van der Waals surface area contributed by atoms with Crippen LogP contribution < -0.4 is 16.0 Å². The molecule has 170 valence electrons. The van der Waals surface area contributed by atoms with E-state index in [4.69, 9.17) is 4.74 Å². The molecule has 3 heterocycles. The molecule has 0 radical (unpaired) electrons. The van der Waals surface area contributed by atoms with Crippen molar-refractivity contribution in [2.45, 2.75) is 69.8 Å². The molecular formula is C24H36N4O3. The molecule has 3 fully saturated rings. The molecule has 31 heavy (non-hydrogen) atoms. The van der Waals surface area contributed by atoms with E-state index in [0.717, 1.165) is 43.4 Å². The maximum absolute atomic E-state index is 13.3. The van der Waals surface area contributed by atoms with Crippen LogP contribution in [0.5, 0.6) is 0 Å². The Morgan fingerprint density at radius 3 is 2.71 bits per heavy atom. The van der Waals surface area contributed by atoms with Crippen molar-refractivity contribution in [2.24, 2.45) is 5.92 Å². The summed E-state index contributed by atoms with van der Waals surface area (Å²) in [5.74, 6) is 0.362. The van der Waals surface area contributed by atoms with Gasteiger partial charge in [0, 0.05) is 50.9 Å². The predicted molar refractivity (Wildman–Crippen MR) is 120 cm³/mol. The van der Waals surface area contributed by atoms with Gasteiger partial charge in [0.25, 0.3) is 5.91 Å². The van der Waals surface area contributed by atoms with Crippen LogP contribution in [0.1, 0.15) is 60.0 Å². The summed E-state index contributed by atoms with van der Waals surface area (Å²) in [5.41, 5.74) is 2.69. The highest BCUT2D eigenvalue weighted by atomic mass is 16.5. The number of likely N-dealkylation sites (tertiary alicyclic amines) is 1. The van der Waals surface area contributed by atoms with Gasteiger partial charge in [-0.1, -0.05) is 6.07 Å². The summed E-state index contributed by atoms with van der Waals surface area (Å²) in [6.07, 6.45) is 3.66. The van der Waals surface area contributed by atoms with E-state index in [1.54, 1.807) is 7.11 Å². The third-order valence-electron chi connectivity index (χ3n) is 7.46. The molecular weight excluding hydrogens is 392 g/mol. The average Bonchev–Trinajstić information content (AvgIpc) is 2.77. The molecule has 0 aromatic heterocycles. The predicted octanol–water partition coefficient (Wildman–Crippen LogP) is 1.76. The van der Waals surface area contributed by atoms with Crippen molar-refractivity contribution < 1.29 is 14.3 Å². The van der Waals surface area contributed by atoms with Crippen LogP contribution in [0.2, 0.25) is 0 Å². The summed E-state index contributed by atoms with van der Waals surface area (Å²) in [6, 6.07) is 6.62. The highest BCUT2D eigenvalue weighted by molar-refractivity contribution is 5.95. The van der Waals surface area contributed by atoms with Gasteiger partial charge >= 0.3 is 0 Å². The molecule has 0 bridgehead atoms. The number of methoxy groups -OCH3 is 1. The number of nitrogens with zero attached hydrogens (tertiary/aromatic N) is 1. The van der Waals surface area contributed by atoms with E-state index < -0.39 is 0 Å². The second kappa shape index (κ2) is 9.27. The normalized spacial score (nSPS) is 33.7. The van der Waals surface area contributed by atoms with Crippen LogP contribution >= 0.6 is 0 Å². The maximum Gasteiger partial charge on any atom is 0.251 e. The Hall–Kier alpha value is -1.96. The smallest absolute Gasteiger partial charge is 0.251 e. The lowest BCUT2D eigenvalue weighted by atomic mass is 9.75. The van der Waals surface area contributed by atoms with Gasteiger partial charge < -0.3 is 20.3 Å². The Morgan fingerprint density at radius 2 is 2.00 bits per heavy atom. The average molecular weight is 429 g/mol. The van der Waals surface area contributed by atoms with Gasteiger partial charge in [0.15, 0.2) is 0 Å². The molecule has 0 aliphatic carbocycles. The number of hydrogen-bond donors (Lipinski definition) is 3. The summed E-state index contributed by atoms with van der Waals surface area (Å²) in [6.45, 7) is 5.86. The summed E-state index contributed by atoms with van der Waals surface area (Å²) >= 11 is 0. The van der Waals surface area contributed by atoms with Gasteiger partial charge in [-0.15, -0.1) is 0 Å². The minimum absolute atomic E-state index is 0.0644. The maximum atomic E-state index is 13.3. The van der Waals surface area contributed by atoms with Crippen LogP contribution in [0, 0.1) is 12.8 Å². The van der Waals surface area contributed by atoms with Crippen molar-refractivity contribution in [2.75, 3.05) is 27.2 Å². The first-order valence-electron chi connectivity index (χ1n) is 11.5. The van der Waals surface area contributed by atoms with Crippen molar-refractivity contribution >= 4 is 11.8 Å². The number of aryl methyl sites for hydroxylation is 1. The first-order chi connectivity index (χ1) is 14.9. The van der Waals surface area contributed by atoms with Crippen LogP contribution in [0.25, 0.3) is 0 Å². The Morgan fingerprint density at radius 1 is 1.19 bits per heavy atom. The van der Waals surface area contributed by atoms with Crippen molar-refractivity contribution in [1.82, 2.24) is 20.9 Å². The lowest BCUT2D eigenvalue weighted by Gasteiger charge is -2.47. The molecule has 3 saturated heterocycles. The fourth-order valence-electron chi connectivity index (χ4n) is 5.49. The van der Waals surface area contributed by atoms with Crippen LogP contribution in [0.15, 0.2) is 18.2 Å². The quantitative estimate of drug-likeness (QED) is 0.681. The molecule has 6 unspecified atom stereocenters. The largest absolute Gasteiger partial charge is 0.367 e. The number of fused-ring (bicyclic) bond motifs is 1. The summed E-state index contributed by atoms with van der Waals surface area (Å²) < 4.78 is 5.32. The third kappa shape index (κ3) is 4.64. The van der Waals surface area contributed by atoms with E-state index in [2.05, 4.69) is 22.9 Å². The minimum Gasteiger partial charge on any atom is -0.367 e. The van der Waals surface area contributed by atoms with E-state index in [1.807, 2.05) is 37.1 Å². The highest BCUT2D eigenvalue weighted by Crippen LogP contribution is 2.38. The number of rotatable bonds is 4. The van der Waals surface area contributed by atoms with Crippen molar-refractivity contribution in [3.8, 4) is 0 Å². The Labute approximate surface area is 185 Å². The summed E-state index contributed by atoms with van der Waals surface area (Å²) in [5, 5.41) is 10.0. The van der Waals surface area contributed by atoms with E-state index in [0.29, 0.717) is 30.1 Å². The number of carbonyl (C=O) groups is 2. The molecule has 3 N–H and O–H groups in total. The highest BCUT2D eigenvalue weighted by Gasteiger charge is 2.43. The third-order valence-corrected chi connectivity index (χ3v) is 7.46. The van der Waals surface area contributed by atoms with Crippen molar-refractivity contribution in [3.63, 3.8) is 0 Å². The van der Waals surface area contributed by atoms with Gasteiger partial charge in [-0.3, -0.25) is 14.9 Å². The van der Waals surface area contributed by atoms with Gasteiger partial charge in [-0.2, -0.15) is 0 Å². The van der Waals surface area contributed by atoms with Gasteiger partial charge in [-0.25, -0.2) is 0 Å². The van der Waals surface area contributed by atoms with E-state index >= 15 is 0 Å². The van der Waals surface area contributed by atoms with Crippen LogP contribution in [0.3, 0.4) is 0 Å². The topological polar surface area (TPSA) is 82.7 Å². The lowest BCUT2D eigenvalue weighted by molar-refractivity contribution is -0.140. The first-order valence-corrected chi connectivity index (χ1v) is 11.5. The number of likely N-dealkylation sites (N-methyl/N-ethyl adjacent to an activating group) is 1. The zero-order valence-electron chi connectivity index (χ0n) is 19.1. The van der Waals surface area contributed by atoms with Gasteiger partial charge in [0.2, 0.25) is 5.91 Å². The van der Waals surface area contributed by atoms with Crippen LogP contribution in [-0.4, -0.2) is 68.3 Å². The molecule has 7 heteroatoms. The number of piperidine rings is 3. The molecule has 0 spiro atoms. The van der Waals surface area contributed by atoms with Crippen LogP contribution in [-0.2, 0) is 9.53 Å². The van der Waals surface area contributed by atoms with Gasteiger partial charge in [0.05, 0.1) is 5.92 Å². The molecule has 2 amide bonds. The minimum atomic E-state index is -0.187. The Kier molecular flexibility index (Phi) is 6.65. The molecule has 3 aliphatic heterocycles. The zero-order chi connectivity index (χ0) is 22.1. The lowest BCUT2D eigenvalue weighted by Crippen LogP contribution is -2.57. The number of nitrogens with one attached hydrogen (secondary N) is 3. The Balaban J connectivity index is 1.49. The van der Waals surface area contributed by atoms with Gasteiger partial charge in [-0.05, 0) is 68.7 Å². The standard InChI is InChI=1S/C24H36N4O3/c1-14-5-6-16(23(29)27-18-7-8-22(31-4)26-13-18)10-19(14)20-11-17-12-25-15(2)9-21(17)28(3)24(20)30/h5-6,10,15,17-18,20-22,25-26H,7-9,11-13H2,1-4H3,(H,27,29). The number of hydrogen-bond acceptors (Lipinski definition) is 5. The fraction of sp³-hybridized carbons (Fsp3) is 0.667. The van der Waals surface area contributed by atoms with Crippen molar-refractivity contribution in [1.29, 1.82) is 0 Å². The first kappa shape index (κ1) is 22.2. The molecule has 1 aromatic carbocycles. The fourth-order valence-corrected chi connectivity index (χ4v) is 5.49. The van der Waals surface area contributed by atoms with E-state index in [-0.39, 0.29) is 30.0 Å². The van der Waals surface area contributed by atoms with E-state index in [1.165, 1.54) is 0 Å². The molecule has 3 aliphatic rings. The molecule has 1 aromatic rings. The van der Waals surface area contributed by atoms with Gasteiger partial charge in [0.1, 0.15) is 6.23 Å². The van der Waals surface area contributed by atoms with Crippen LogP contribution in [0.4, 0.5) is 0 Å². The Bertz CT molecular complexity index is 821. The number of ether oxygens (including phenoxy) is 1. The zero-order valence-corrected chi connectivity index (χ0v) is 19.1. The molecule has 4 rings (SSSR count). The number of benzene rings is 1. The molecule has 6 atom stereocenters.